The zero-order valence-electron chi connectivity index (χ0n) is 12.3. The summed E-state index contributed by atoms with van der Waals surface area (Å²) < 4.78 is 0. The van der Waals surface area contributed by atoms with E-state index in [0.717, 1.165) is 31.7 Å². The van der Waals surface area contributed by atoms with Gasteiger partial charge in [-0.25, -0.2) is 0 Å². The molecular weight excluding hydrogens is 222 g/mol. The molecule has 3 heteroatoms. The maximum absolute atomic E-state index is 9.25. The summed E-state index contributed by atoms with van der Waals surface area (Å²) >= 11 is 0. The highest BCUT2D eigenvalue weighted by molar-refractivity contribution is 5.05. The van der Waals surface area contributed by atoms with E-state index in [1.54, 1.807) is 0 Å². The summed E-state index contributed by atoms with van der Waals surface area (Å²) in [4.78, 5) is 2.57. The highest BCUT2D eigenvalue weighted by atomic mass is 15.1. The molecule has 0 aromatic heterocycles. The van der Waals surface area contributed by atoms with E-state index >= 15 is 0 Å². The summed E-state index contributed by atoms with van der Waals surface area (Å²) in [5.74, 6) is 0.951. The third-order valence-electron chi connectivity index (χ3n) is 4.66. The number of nitrogens with one attached hydrogen (secondary N) is 1. The maximum Gasteiger partial charge on any atom is 0.106 e. The zero-order chi connectivity index (χ0) is 13.4. The van der Waals surface area contributed by atoms with Crippen molar-refractivity contribution in [1.29, 1.82) is 5.26 Å². The fraction of sp³-hybridized carbons (Fsp3) is 0.933. The molecule has 0 radical (unpaired) electrons. The van der Waals surface area contributed by atoms with E-state index in [1.165, 1.54) is 32.4 Å². The second-order valence-electron chi connectivity index (χ2n) is 5.59. The molecule has 1 aliphatic rings. The first-order chi connectivity index (χ1) is 8.69. The lowest BCUT2D eigenvalue weighted by Crippen LogP contribution is -2.42. The topological polar surface area (TPSA) is 39.1 Å². The van der Waals surface area contributed by atoms with Gasteiger partial charge in [0, 0.05) is 0 Å². The van der Waals surface area contributed by atoms with Crippen molar-refractivity contribution in [1.82, 2.24) is 10.2 Å². The molecule has 1 heterocycles. The number of hydrogen-bond donors (Lipinski definition) is 1. The molecule has 18 heavy (non-hydrogen) atoms. The fourth-order valence-electron chi connectivity index (χ4n) is 2.89. The van der Waals surface area contributed by atoms with Gasteiger partial charge in [-0.15, -0.1) is 0 Å². The van der Waals surface area contributed by atoms with Gasteiger partial charge in [0.05, 0.1) is 6.07 Å². The average molecular weight is 251 g/mol. The van der Waals surface area contributed by atoms with E-state index < -0.39 is 0 Å². The molecule has 0 spiro atoms. The standard InChI is InChI=1S/C15H29N3/c1-4-14-7-11-18(12-8-14)10-6-9-15(5-2,13-16)17-3/h14,17H,4-12H2,1-3H3. The van der Waals surface area contributed by atoms with Crippen LogP contribution in [0.15, 0.2) is 0 Å². The Kier molecular flexibility index (Phi) is 6.67. The third-order valence-corrected chi connectivity index (χ3v) is 4.66. The summed E-state index contributed by atoms with van der Waals surface area (Å²) in [6.45, 7) is 8.05. The Morgan fingerprint density at radius 2 is 2.00 bits per heavy atom. The van der Waals surface area contributed by atoms with Gasteiger partial charge in [-0.05, 0) is 64.7 Å². The van der Waals surface area contributed by atoms with Crippen LogP contribution in [0, 0.1) is 17.2 Å². The minimum Gasteiger partial charge on any atom is -0.303 e. The number of likely N-dealkylation sites (tertiary alicyclic amines) is 1. The second-order valence-corrected chi connectivity index (χ2v) is 5.59. The zero-order valence-corrected chi connectivity index (χ0v) is 12.3. The first kappa shape index (κ1) is 15.5. The second kappa shape index (κ2) is 7.76. The lowest BCUT2D eigenvalue weighted by atomic mass is 9.91. The Morgan fingerprint density at radius 3 is 2.44 bits per heavy atom. The molecular formula is C15H29N3. The summed E-state index contributed by atoms with van der Waals surface area (Å²) in [5, 5.41) is 12.4. The van der Waals surface area contributed by atoms with Crippen LogP contribution in [0.1, 0.15) is 52.4 Å². The van der Waals surface area contributed by atoms with Crippen molar-refractivity contribution in [3.05, 3.63) is 0 Å². The molecule has 1 rings (SSSR count). The highest BCUT2D eigenvalue weighted by Gasteiger charge is 2.25. The molecule has 0 aromatic carbocycles. The lowest BCUT2D eigenvalue weighted by Gasteiger charge is -2.32. The van der Waals surface area contributed by atoms with Crippen LogP contribution >= 0.6 is 0 Å². The summed E-state index contributed by atoms with van der Waals surface area (Å²) in [5.41, 5.74) is -0.304. The van der Waals surface area contributed by atoms with Gasteiger partial charge >= 0.3 is 0 Å². The van der Waals surface area contributed by atoms with E-state index in [2.05, 4.69) is 30.1 Å². The molecule has 3 nitrogen and oxygen atoms in total. The summed E-state index contributed by atoms with van der Waals surface area (Å²) in [6, 6.07) is 2.44. The van der Waals surface area contributed by atoms with Crippen LogP contribution in [-0.4, -0.2) is 37.1 Å². The van der Waals surface area contributed by atoms with E-state index in [1.807, 2.05) is 7.05 Å². The quantitative estimate of drug-likeness (QED) is 0.756. The molecule has 0 aromatic rings. The van der Waals surface area contributed by atoms with E-state index in [9.17, 15) is 5.26 Å². The minimum absolute atomic E-state index is 0.304. The molecule has 0 saturated carbocycles. The number of nitrogens with zero attached hydrogens (tertiary/aromatic N) is 2. The van der Waals surface area contributed by atoms with Crippen molar-refractivity contribution >= 4 is 0 Å². The Labute approximate surface area is 113 Å². The fourth-order valence-corrected chi connectivity index (χ4v) is 2.89. The van der Waals surface area contributed by atoms with Crippen molar-refractivity contribution in [3.8, 4) is 6.07 Å². The summed E-state index contributed by atoms with van der Waals surface area (Å²) in [7, 11) is 1.90. The van der Waals surface area contributed by atoms with Crippen LogP contribution in [0.25, 0.3) is 0 Å². The van der Waals surface area contributed by atoms with Gasteiger partial charge in [0.2, 0.25) is 0 Å². The number of rotatable bonds is 7. The number of piperidine rings is 1. The maximum atomic E-state index is 9.25. The predicted molar refractivity (Wildman–Crippen MR) is 76.4 cm³/mol. The van der Waals surface area contributed by atoms with Crippen LogP contribution in [0.5, 0.6) is 0 Å². The van der Waals surface area contributed by atoms with E-state index in [0.29, 0.717) is 0 Å². The Morgan fingerprint density at radius 1 is 1.33 bits per heavy atom. The van der Waals surface area contributed by atoms with Gasteiger partial charge in [-0.1, -0.05) is 20.3 Å². The monoisotopic (exact) mass is 251 g/mol. The Balaban J connectivity index is 2.24. The first-order valence-corrected chi connectivity index (χ1v) is 7.52. The van der Waals surface area contributed by atoms with Crippen LogP contribution in [0.4, 0.5) is 0 Å². The molecule has 1 N–H and O–H groups in total. The predicted octanol–water partition coefficient (Wildman–Crippen LogP) is 2.78. The van der Waals surface area contributed by atoms with E-state index in [4.69, 9.17) is 0 Å². The van der Waals surface area contributed by atoms with Crippen molar-refractivity contribution in [3.63, 3.8) is 0 Å². The lowest BCUT2D eigenvalue weighted by molar-refractivity contribution is 0.175. The van der Waals surface area contributed by atoms with Gasteiger partial charge in [0.25, 0.3) is 0 Å². The third kappa shape index (κ3) is 4.26. The summed E-state index contributed by atoms with van der Waals surface area (Å²) in [6.07, 6.45) is 7.03. The van der Waals surface area contributed by atoms with Crippen molar-refractivity contribution in [2.75, 3.05) is 26.7 Å². The Hall–Kier alpha value is -0.590. The van der Waals surface area contributed by atoms with Crippen molar-refractivity contribution in [2.24, 2.45) is 5.92 Å². The normalized spacial score (nSPS) is 21.4. The molecule has 1 aliphatic heterocycles. The highest BCUT2D eigenvalue weighted by Crippen LogP contribution is 2.21. The SMILES string of the molecule is CCC1CCN(CCCC(C#N)(CC)NC)CC1. The van der Waals surface area contributed by atoms with Crippen LogP contribution in [0.3, 0.4) is 0 Å². The van der Waals surface area contributed by atoms with Crippen LogP contribution < -0.4 is 5.32 Å². The molecule has 1 saturated heterocycles. The Bertz CT molecular complexity index is 257. The molecule has 1 unspecified atom stereocenters. The van der Waals surface area contributed by atoms with Gasteiger partial charge in [0.15, 0.2) is 0 Å². The molecule has 1 atom stereocenters. The van der Waals surface area contributed by atoms with Gasteiger partial charge in [-0.3, -0.25) is 0 Å². The van der Waals surface area contributed by atoms with Crippen molar-refractivity contribution in [2.45, 2.75) is 57.9 Å². The first-order valence-electron chi connectivity index (χ1n) is 7.52. The van der Waals surface area contributed by atoms with Gasteiger partial charge in [-0.2, -0.15) is 5.26 Å². The van der Waals surface area contributed by atoms with Crippen LogP contribution in [-0.2, 0) is 0 Å². The molecule has 0 amide bonds. The number of hydrogen-bond acceptors (Lipinski definition) is 3. The van der Waals surface area contributed by atoms with Crippen LogP contribution in [0.2, 0.25) is 0 Å². The van der Waals surface area contributed by atoms with E-state index in [-0.39, 0.29) is 5.54 Å². The minimum atomic E-state index is -0.304. The van der Waals surface area contributed by atoms with Crippen molar-refractivity contribution < 1.29 is 0 Å². The van der Waals surface area contributed by atoms with Gasteiger partial charge < -0.3 is 10.2 Å². The average Bonchev–Trinajstić information content (AvgIpc) is 2.45. The molecule has 104 valence electrons. The molecule has 0 aliphatic carbocycles. The molecule has 1 fully saturated rings. The largest absolute Gasteiger partial charge is 0.303 e. The molecule has 0 bridgehead atoms. The smallest absolute Gasteiger partial charge is 0.106 e. The van der Waals surface area contributed by atoms with Gasteiger partial charge in [0.1, 0.15) is 5.54 Å². The number of nitriles is 1.